The SMILES string of the molecule is CCCC(O)c1ccc(C(C)C(=O)O)cc1. The van der Waals surface area contributed by atoms with Gasteiger partial charge in [0.25, 0.3) is 0 Å². The smallest absolute Gasteiger partial charge is 0.310 e. The predicted octanol–water partition coefficient (Wildman–Crippen LogP) is 2.71. The van der Waals surface area contributed by atoms with Crippen molar-refractivity contribution in [3.8, 4) is 0 Å². The van der Waals surface area contributed by atoms with Gasteiger partial charge in [0.2, 0.25) is 0 Å². The summed E-state index contributed by atoms with van der Waals surface area (Å²) < 4.78 is 0. The zero-order valence-electron chi connectivity index (χ0n) is 9.68. The molecular weight excluding hydrogens is 204 g/mol. The molecule has 0 fully saturated rings. The Morgan fingerprint density at radius 3 is 2.19 bits per heavy atom. The van der Waals surface area contributed by atoms with Gasteiger partial charge < -0.3 is 10.2 Å². The van der Waals surface area contributed by atoms with Gasteiger partial charge in [0.1, 0.15) is 0 Å². The third-order valence-corrected chi connectivity index (χ3v) is 2.75. The maximum absolute atomic E-state index is 10.8. The molecule has 2 atom stereocenters. The molecule has 3 heteroatoms. The second-order valence-corrected chi connectivity index (χ2v) is 4.03. The molecule has 0 bridgehead atoms. The van der Waals surface area contributed by atoms with Crippen molar-refractivity contribution < 1.29 is 15.0 Å². The maximum Gasteiger partial charge on any atom is 0.310 e. The van der Waals surface area contributed by atoms with Crippen LogP contribution in [0, 0.1) is 0 Å². The van der Waals surface area contributed by atoms with Crippen molar-refractivity contribution >= 4 is 5.97 Å². The minimum absolute atomic E-state index is 0.445. The molecule has 3 nitrogen and oxygen atoms in total. The number of hydrogen-bond donors (Lipinski definition) is 2. The topological polar surface area (TPSA) is 57.5 Å². The van der Waals surface area contributed by atoms with E-state index in [1.165, 1.54) is 0 Å². The fourth-order valence-electron chi connectivity index (χ4n) is 1.59. The first kappa shape index (κ1) is 12.7. The summed E-state index contributed by atoms with van der Waals surface area (Å²) in [6.45, 7) is 3.67. The van der Waals surface area contributed by atoms with E-state index in [-0.39, 0.29) is 0 Å². The first-order chi connectivity index (χ1) is 7.56. The van der Waals surface area contributed by atoms with Crippen molar-refractivity contribution in [2.45, 2.75) is 38.7 Å². The molecule has 0 aliphatic heterocycles. The van der Waals surface area contributed by atoms with Crippen LogP contribution in [0.1, 0.15) is 49.8 Å². The van der Waals surface area contributed by atoms with Gasteiger partial charge in [-0.3, -0.25) is 4.79 Å². The van der Waals surface area contributed by atoms with Crippen molar-refractivity contribution in [1.82, 2.24) is 0 Å². The van der Waals surface area contributed by atoms with Crippen molar-refractivity contribution in [3.63, 3.8) is 0 Å². The summed E-state index contributed by atoms with van der Waals surface area (Å²) in [7, 11) is 0. The van der Waals surface area contributed by atoms with E-state index in [1.54, 1.807) is 31.2 Å². The highest BCUT2D eigenvalue weighted by molar-refractivity contribution is 5.75. The molecular formula is C13H18O3. The van der Waals surface area contributed by atoms with Crippen LogP contribution in [0.4, 0.5) is 0 Å². The highest BCUT2D eigenvalue weighted by Crippen LogP contribution is 2.21. The molecule has 2 unspecified atom stereocenters. The van der Waals surface area contributed by atoms with Crippen LogP contribution in [-0.2, 0) is 4.79 Å². The van der Waals surface area contributed by atoms with E-state index >= 15 is 0 Å². The van der Waals surface area contributed by atoms with E-state index in [1.807, 2.05) is 6.92 Å². The Kier molecular flexibility index (Phi) is 4.50. The number of benzene rings is 1. The number of rotatable bonds is 5. The number of aliphatic hydroxyl groups excluding tert-OH is 1. The molecule has 0 saturated heterocycles. The zero-order valence-corrected chi connectivity index (χ0v) is 9.68. The third kappa shape index (κ3) is 3.07. The van der Waals surface area contributed by atoms with E-state index in [2.05, 4.69) is 0 Å². The zero-order chi connectivity index (χ0) is 12.1. The minimum atomic E-state index is -0.832. The first-order valence-electron chi connectivity index (χ1n) is 5.57. The average Bonchev–Trinajstić information content (AvgIpc) is 2.28. The number of carbonyl (C=O) groups is 1. The number of carboxylic acid groups (broad SMARTS) is 1. The molecule has 0 spiro atoms. The van der Waals surface area contributed by atoms with Gasteiger partial charge in [0, 0.05) is 0 Å². The van der Waals surface area contributed by atoms with Gasteiger partial charge in [-0.2, -0.15) is 0 Å². The molecule has 0 saturated carbocycles. The molecule has 0 radical (unpaired) electrons. The molecule has 0 aliphatic carbocycles. The quantitative estimate of drug-likeness (QED) is 0.805. The summed E-state index contributed by atoms with van der Waals surface area (Å²) >= 11 is 0. The molecule has 0 aromatic heterocycles. The Morgan fingerprint density at radius 1 is 1.25 bits per heavy atom. The predicted molar refractivity (Wildman–Crippen MR) is 62.4 cm³/mol. The van der Waals surface area contributed by atoms with Gasteiger partial charge >= 0.3 is 5.97 Å². The van der Waals surface area contributed by atoms with Gasteiger partial charge in [-0.1, -0.05) is 37.6 Å². The van der Waals surface area contributed by atoms with Crippen molar-refractivity contribution in [2.75, 3.05) is 0 Å². The summed E-state index contributed by atoms with van der Waals surface area (Å²) in [6, 6.07) is 7.14. The normalized spacial score (nSPS) is 14.4. The highest BCUT2D eigenvalue weighted by atomic mass is 16.4. The number of hydrogen-bond acceptors (Lipinski definition) is 2. The Bertz CT molecular complexity index is 343. The molecule has 1 rings (SSSR count). The van der Waals surface area contributed by atoms with Crippen molar-refractivity contribution in [1.29, 1.82) is 0 Å². The Morgan fingerprint density at radius 2 is 1.75 bits per heavy atom. The molecule has 0 aliphatic rings. The number of aliphatic hydroxyl groups is 1. The summed E-state index contributed by atoms with van der Waals surface area (Å²) in [6.07, 6.45) is 1.21. The van der Waals surface area contributed by atoms with Crippen LogP contribution in [0.2, 0.25) is 0 Å². The van der Waals surface area contributed by atoms with E-state index in [0.717, 1.165) is 24.0 Å². The minimum Gasteiger partial charge on any atom is -0.481 e. The monoisotopic (exact) mass is 222 g/mol. The van der Waals surface area contributed by atoms with Crippen LogP contribution < -0.4 is 0 Å². The van der Waals surface area contributed by atoms with E-state index in [0.29, 0.717) is 0 Å². The lowest BCUT2D eigenvalue weighted by atomic mass is 9.97. The largest absolute Gasteiger partial charge is 0.481 e. The molecule has 1 aromatic carbocycles. The second-order valence-electron chi connectivity index (χ2n) is 4.03. The van der Waals surface area contributed by atoms with Crippen LogP contribution >= 0.6 is 0 Å². The lowest BCUT2D eigenvalue weighted by Crippen LogP contribution is -2.07. The highest BCUT2D eigenvalue weighted by Gasteiger charge is 2.14. The summed E-state index contributed by atoms with van der Waals surface area (Å²) in [5.41, 5.74) is 1.61. The maximum atomic E-state index is 10.8. The standard InChI is InChI=1S/C13H18O3/c1-3-4-12(14)11-7-5-10(6-8-11)9(2)13(15)16/h5-9,12,14H,3-4H2,1-2H3,(H,15,16). The lowest BCUT2D eigenvalue weighted by Gasteiger charge is -2.11. The van der Waals surface area contributed by atoms with Crippen LogP contribution in [0.5, 0.6) is 0 Å². The van der Waals surface area contributed by atoms with Crippen molar-refractivity contribution in [3.05, 3.63) is 35.4 Å². The Labute approximate surface area is 95.7 Å². The fraction of sp³-hybridized carbons (Fsp3) is 0.462. The molecule has 0 amide bonds. The summed E-state index contributed by atoms with van der Waals surface area (Å²) in [5, 5.41) is 18.6. The molecule has 1 aromatic rings. The van der Waals surface area contributed by atoms with E-state index in [9.17, 15) is 9.90 Å². The number of aliphatic carboxylic acids is 1. The van der Waals surface area contributed by atoms with Crippen LogP contribution in [-0.4, -0.2) is 16.2 Å². The van der Waals surface area contributed by atoms with Gasteiger partial charge in [-0.05, 0) is 24.5 Å². The number of carboxylic acids is 1. The van der Waals surface area contributed by atoms with Crippen LogP contribution in [0.25, 0.3) is 0 Å². The molecule has 16 heavy (non-hydrogen) atoms. The Hall–Kier alpha value is -1.35. The van der Waals surface area contributed by atoms with Gasteiger partial charge in [0.15, 0.2) is 0 Å². The summed E-state index contributed by atoms with van der Waals surface area (Å²) in [4.78, 5) is 10.8. The third-order valence-electron chi connectivity index (χ3n) is 2.75. The van der Waals surface area contributed by atoms with Crippen LogP contribution in [0.15, 0.2) is 24.3 Å². The van der Waals surface area contributed by atoms with E-state index < -0.39 is 18.0 Å². The van der Waals surface area contributed by atoms with Gasteiger partial charge in [0.05, 0.1) is 12.0 Å². The Balaban J connectivity index is 2.78. The fourth-order valence-corrected chi connectivity index (χ4v) is 1.59. The van der Waals surface area contributed by atoms with Gasteiger partial charge in [-0.15, -0.1) is 0 Å². The molecule has 88 valence electrons. The van der Waals surface area contributed by atoms with Gasteiger partial charge in [-0.25, -0.2) is 0 Å². The second kappa shape index (κ2) is 5.66. The molecule has 0 heterocycles. The van der Waals surface area contributed by atoms with Crippen LogP contribution in [0.3, 0.4) is 0 Å². The average molecular weight is 222 g/mol. The first-order valence-corrected chi connectivity index (χ1v) is 5.57. The summed E-state index contributed by atoms with van der Waals surface area (Å²) in [5.74, 6) is -1.33. The lowest BCUT2D eigenvalue weighted by molar-refractivity contribution is -0.138. The molecule has 2 N–H and O–H groups in total. The van der Waals surface area contributed by atoms with Crippen molar-refractivity contribution in [2.24, 2.45) is 0 Å². The van der Waals surface area contributed by atoms with E-state index in [4.69, 9.17) is 5.11 Å².